The van der Waals surface area contributed by atoms with Crippen LogP contribution in [0.1, 0.15) is 21.9 Å². The molecule has 150 valence electrons. The van der Waals surface area contributed by atoms with Crippen LogP contribution in [-0.4, -0.2) is 24.3 Å². The molecule has 1 aromatic heterocycles. The highest BCUT2D eigenvalue weighted by molar-refractivity contribution is 7.92. The summed E-state index contributed by atoms with van der Waals surface area (Å²) in [7, 11) is -3.85. The first-order chi connectivity index (χ1) is 13.6. The zero-order chi connectivity index (χ0) is 21.2. The smallest absolute Gasteiger partial charge is 0.263 e. The fraction of sp³-hybridized carbons (Fsp3) is 0.105. The van der Waals surface area contributed by atoms with Crippen molar-refractivity contribution in [3.05, 3.63) is 75.7 Å². The largest absolute Gasteiger partial charge is 0.322 e. The minimum Gasteiger partial charge on any atom is -0.322 e. The number of nitrogens with zero attached hydrogens (tertiary/aromatic N) is 2. The molecule has 1 amide bonds. The zero-order valence-electron chi connectivity index (χ0n) is 15.4. The number of hydrogen-bond donors (Lipinski definition) is 2. The quantitative estimate of drug-likeness (QED) is 0.597. The minimum atomic E-state index is -3.85. The van der Waals surface area contributed by atoms with Gasteiger partial charge in [-0.25, -0.2) is 18.4 Å². The number of sulfonamides is 1. The van der Waals surface area contributed by atoms with Gasteiger partial charge in [0.15, 0.2) is 0 Å². The molecule has 0 saturated carbocycles. The van der Waals surface area contributed by atoms with Crippen LogP contribution in [0.5, 0.6) is 0 Å². The molecule has 3 aromatic rings. The number of aryl methyl sites for hydroxylation is 2. The summed E-state index contributed by atoms with van der Waals surface area (Å²) in [6, 6.07) is 11.8. The number of aromatic nitrogens is 2. The van der Waals surface area contributed by atoms with Crippen molar-refractivity contribution in [1.82, 2.24) is 9.97 Å². The molecular formula is C19H16Cl2N4O3S. The van der Waals surface area contributed by atoms with Crippen molar-refractivity contribution in [2.45, 2.75) is 18.7 Å². The van der Waals surface area contributed by atoms with Gasteiger partial charge in [0.1, 0.15) is 11.6 Å². The number of nitrogens with one attached hydrogen (secondary N) is 2. The summed E-state index contributed by atoms with van der Waals surface area (Å²) in [6.45, 7) is 3.42. The van der Waals surface area contributed by atoms with Crippen LogP contribution in [0.3, 0.4) is 0 Å². The van der Waals surface area contributed by atoms with Crippen LogP contribution in [-0.2, 0) is 10.0 Å². The molecule has 0 spiro atoms. The summed E-state index contributed by atoms with van der Waals surface area (Å²) in [5.41, 5.74) is 1.26. The van der Waals surface area contributed by atoms with Gasteiger partial charge < -0.3 is 5.32 Å². The molecule has 7 nitrogen and oxygen atoms in total. The van der Waals surface area contributed by atoms with Crippen LogP contribution in [0, 0.1) is 13.8 Å². The Morgan fingerprint density at radius 1 is 0.966 bits per heavy atom. The summed E-state index contributed by atoms with van der Waals surface area (Å²) in [4.78, 5) is 20.6. The molecule has 0 saturated heterocycles. The minimum absolute atomic E-state index is 0.0187. The number of carbonyl (C=O) groups is 1. The molecule has 3 rings (SSSR count). The van der Waals surface area contributed by atoms with Gasteiger partial charge in [0.05, 0.1) is 15.5 Å². The van der Waals surface area contributed by atoms with E-state index in [0.717, 1.165) is 0 Å². The van der Waals surface area contributed by atoms with Gasteiger partial charge in [-0.3, -0.25) is 9.52 Å². The van der Waals surface area contributed by atoms with Crippen molar-refractivity contribution in [3.63, 3.8) is 0 Å². The number of carbonyl (C=O) groups excluding carboxylic acids is 1. The molecule has 0 radical (unpaired) electrons. The molecular weight excluding hydrogens is 435 g/mol. The second-order valence-electron chi connectivity index (χ2n) is 6.15. The fourth-order valence-electron chi connectivity index (χ4n) is 2.55. The molecule has 1 heterocycles. The standard InChI is InChI=1S/C19H16Cl2N4O3S/c1-11-9-18(23-12(2)22-11)25-29(27,28)15-6-4-14(5-7-15)24-19(26)16-10-13(20)3-8-17(16)21/h3-10H,1-2H3,(H,24,26)(H,22,23,25). The van der Waals surface area contributed by atoms with Crippen molar-refractivity contribution in [2.24, 2.45) is 0 Å². The highest BCUT2D eigenvalue weighted by atomic mass is 35.5. The summed E-state index contributed by atoms with van der Waals surface area (Å²) in [6.07, 6.45) is 0. The number of amides is 1. The van der Waals surface area contributed by atoms with E-state index in [4.69, 9.17) is 23.2 Å². The second-order valence-corrected chi connectivity index (χ2v) is 8.68. The topological polar surface area (TPSA) is 101 Å². The molecule has 0 aliphatic heterocycles. The van der Waals surface area contributed by atoms with Gasteiger partial charge in [0, 0.05) is 22.5 Å². The third-order valence-electron chi connectivity index (χ3n) is 3.80. The molecule has 0 aliphatic rings. The molecule has 10 heteroatoms. The molecule has 0 atom stereocenters. The van der Waals surface area contributed by atoms with E-state index in [9.17, 15) is 13.2 Å². The second kappa shape index (κ2) is 8.36. The van der Waals surface area contributed by atoms with Crippen LogP contribution in [0.25, 0.3) is 0 Å². The fourth-order valence-corrected chi connectivity index (χ4v) is 3.92. The Bertz CT molecular complexity index is 1160. The monoisotopic (exact) mass is 450 g/mol. The van der Waals surface area contributed by atoms with Crippen LogP contribution >= 0.6 is 23.2 Å². The predicted molar refractivity (Wildman–Crippen MR) is 113 cm³/mol. The lowest BCUT2D eigenvalue weighted by atomic mass is 10.2. The normalized spacial score (nSPS) is 11.2. The Labute approximate surface area is 178 Å². The number of halogens is 2. The molecule has 29 heavy (non-hydrogen) atoms. The Hall–Kier alpha value is -2.68. The Morgan fingerprint density at radius 2 is 1.66 bits per heavy atom. The average molecular weight is 451 g/mol. The van der Waals surface area contributed by atoms with Crippen LogP contribution in [0.4, 0.5) is 11.5 Å². The van der Waals surface area contributed by atoms with Crippen molar-refractivity contribution < 1.29 is 13.2 Å². The van der Waals surface area contributed by atoms with Gasteiger partial charge in [-0.2, -0.15) is 0 Å². The summed E-state index contributed by atoms with van der Waals surface area (Å²) >= 11 is 11.9. The predicted octanol–water partition coefficient (Wildman–Crippen LogP) is 4.45. The van der Waals surface area contributed by atoms with Crippen LogP contribution in [0.2, 0.25) is 10.0 Å². The van der Waals surface area contributed by atoms with Gasteiger partial charge in [-0.05, 0) is 56.3 Å². The molecule has 0 fully saturated rings. The molecule has 2 N–H and O–H groups in total. The highest BCUT2D eigenvalue weighted by Crippen LogP contribution is 2.23. The number of anilines is 2. The maximum atomic E-state index is 12.6. The highest BCUT2D eigenvalue weighted by Gasteiger charge is 2.16. The van der Waals surface area contributed by atoms with E-state index in [1.54, 1.807) is 19.9 Å². The molecule has 0 aliphatic carbocycles. The van der Waals surface area contributed by atoms with E-state index in [1.807, 2.05) is 0 Å². The molecule has 2 aromatic carbocycles. The molecule has 0 bridgehead atoms. The Balaban J connectivity index is 1.77. The maximum Gasteiger partial charge on any atom is 0.263 e. The lowest BCUT2D eigenvalue weighted by Gasteiger charge is -2.10. The van der Waals surface area contributed by atoms with E-state index < -0.39 is 15.9 Å². The maximum absolute atomic E-state index is 12.6. The number of rotatable bonds is 5. The van der Waals surface area contributed by atoms with E-state index >= 15 is 0 Å². The Kier molecular flexibility index (Phi) is 6.07. The van der Waals surface area contributed by atoms with Crippen molar-refractivity contribution >= 4 is 50.6 Å². The summed E-state index contributed by atoms with van der Waals surface area (Å²) in [5, 5.41) is 3.28. The van der Waals surface area contributed by atoms with Crippen molar-refractivity contribution in [1.29, 1.82) is 0 Å². The van der Waals surface area contributed by atoms with Gasteiger partial charge >= 0.3 is 0 Å². The van der Waals surface area contributed by atoms with Crippen molar-refractivity contribution in [2.75, 3.05) is 10.0 Å². The summed E-state index contributed by atoms with van der Waals surface area (Å²) < 4.78 is 27.6. The van der Waals surface area contributed by atoms with Gasteiger partial charge in [0.2, 0.25) is 0 Å². The van der Waals surface area contributed by atoms with E-state index in [2.05, 4.69) is 20.0 Å². The number of benzene rings is 2. The third-order valence-corrected chi connectivity index (χ3v) is 5.74. The van der Waals surface area contributed by atoms with Crippen LogP contribution in [0.15, 0.2) is 53.4 Å². The van der Waals surface area contributed by atoms with E-state index in [1.165, 1.54) is 42.5 Å². The average Bonchev–Trinajstić information content (AvgIpc) is 2.63. The Morgan fingerprint density at radius 3 is 2.31 bits per heavy atom. The zero-order valence-corrected chi connectivity index (χ0v) is 17.7. The lowest BCUT2D eigenvalue weighted by Crippen LogP contribution is -2.15. The number of hydrogen-bond acceptors (Lipinski definition) is 5. The first-order valence-corrected chi connectivity index (χ1v) is 10.6. The van der Waals surface area contributed by atoms with Crippen LogP contribution < -0.4 is 10.0 Å². The van der Waals surface area contributed by atoms with E-state index in [0.29, 0.717) is 22.2 Å². The van der Waals surface area contributed by atoms with E-state index in [-0.39, 0.29) is 21.3 Å². The first kappa shape index (κ1) is 21.0. The van der Waals surface area contributed by atoms with Gasteiger partial charge in [-0.15, -0.1) is 0 Å². The van der Waals surface area contributed by atoms with Crippen molar-refractivity contribution in [3.8, 4) is 0 Å². The third kappa shape index (κ3) is 5.23. The first-order valence-electron chi connectivity index (χ1n) is 8.35. The lowest BCUT2D eigenvalue weighted by molar-refractivity contribution is 0.102. The molecule has 0 unspecified atom stereocenters. The SMILES string of the molecule is Cc1cc(NS(=O)(=O)c2ccc(NC(=O)c3cc(Cl)ccc3Cl)cc2)nc(C)n1. The van der Waals surface area contributed by atoms with Gasteiger partial charge in [-0.1, -0.05) is 23.2 Å². The summed E-state index contributed by atoms with van der Waals surface area (Å²) in [5.74, 6) is 0.182. The van der Waals surface area contributed by atoms with Gasteiger partial charge in [0.25, 0.3) is 15.9 Å².